The number of hydrogen-bond donors (Lipinski definition) is 0. The standard InChI is InChI=1S/C16H12Cl2O5S/c1-24(21,22)15-8-11(4-7-13(15)18)16(20)23-9-14(19)10-2-5-12(17)6-3-10/h2-8H,9H2,1H3. The van der Waals surface area contributed by atoms with Crippen LogP contribution < -0.4 is 0 Å². The number of rotatable bonds is 5. The van der Waals surface area contributed by atoms with Crippen molar-refractivity contribution in [3.8, 4) is 0 Å². The minimum atomic E-state index is -3.59. The van der Waals surface area contributed by atoms with Gasteiger partial charge in [-0.1, -0.05) is 23.2 Å². The fraction of sp³-hybridized carbons (Fsp3) is 0.125. The fourth-order valence-corrected chi connectivity index (χ4v) is 3.28. The molecular formula is C16H12Cl2O5S. The summed E-state index contributed by atoms with van der Waals surface area (Å²) in [5.74, 6) is -1.23. The second-order valence-corrected chi connectivity index (χ2v) is 7.75. The Hall–Kier alpha value is -1.89. The van der Waals surface area contributed by atoms with E-state index in [2.05, 4.69) is 0 Å². The van der Waals surface area contributed by atoms with Gasteiger partial charge in [-0.3, -0.25) is 4.79 Å². The van der Waals surface area contributed by atoms with Gasteiger partial charge in [0.05, 0.1) is 15.5 Å². The SMILES string of the molecule is CS(=O)(=O)c1cc(C(=O)OCC(=O)c2ccc(Cl)cc2)ccc1Cl. The maximum Gasteiger partial charge on any atom is 0.338 e. The minimum absolute atomic E-state index is 0.00582. The van der Waals surface area contributed by atoms with Crippen molar-refractivity contribution in [1.82, 2.24) is 0 Å². The highest BCUT2D eigenvalue weighted by atomic mass is 35.5. The molecule has 24 heavy (non-hydrogen) atoms. The van der Waals surface area contributed by atoms with E-state index in [9.17, 15) is 18.0 Å². The van der Waals surface area contributed by atoms with Gasteiger partial charge in [0.25, 0.3) is 0 Å². The van der Waals surface area contributed by atoms with Gasteiger partial charge in [0.1, 0.15) is 0 Å². The summed E-state index contributed by atoms with van der Waals surface area (Å²) in [6.45, 7) is -0.475. The van der Waals surface area contributed by atoms with Gasteiger partial charge in [0, 0.05) is 16.8 Å². The van der Waals surface area contributed by atoms with Gasteiger partial charge in [0.15, 0.2) is 22.2 Å². The van der Waals surface area contributed by atoms with Crippen molar-refractivity contribution in [1.29, 1.82) is 0 Å². The Morgan fingerprint density at radius 3 is 2.17 bits per heavy atom. The molecule has 2 rings (SSSR count). The highest BCUT2D eigenvalue weighted by molar-refractivity contribution is 7.90. The number of esters is 1. The number of sulfone groups is 1. The molecule has 0 spiro atoms. The van der Waals surface area contributed by atoms with Crippen LogP contribution in [0.2, 0.25) is 10.0 Å². The summed E-state index contributed by atoms with van der Waals surface area (Å²) in [6.07, 6.45) is 0.980. The fourth-order valence-electron chi connectivity index (χ4n) is 1.85. The Labute approximate surface area is 149 Å². The third kappa shape index (κ3) is 4.56. The van der Waals surface area contributed by atoms with Crippen LogP contribution in [0.5, 0.6) is 0 Å². The number of carbonyl (C=O) groups is 2. The monoisotopic (exact) mass is 386 g/mol. The van der Waals surface area contributed by atoms with Crippen molar-refractivity contribution < 1.29 is 22.7 Å². The molecule has 0 radical (unpaired) electrons. The van der Waals surface area contributed by atoms with E-state index in [1.165, 1.54) is 24.3 Å². The molecule has 8 heteroatoms. The summed E-state index contributed by atoms with van der Waals surface area (Å²) in [4.78, 5) is 23.7. The maximum atomic E-state index is 12.0. The van der Waals surface area contributed by atoms with E-state index in [-0.39, 0.29) is 15.5 Å². The first-order valence-electron chi connectivity index (χ1n) is 6.64. The van der Waals surface area contributed by atoms with E-state index in [1.807, 2.05) is 0 Å². The molecule has 0 amide bonds. The van der Waals surface area contributed by atoms with Crippen LogP contribution in [0.1, 0.15) is 20.7 Å². The third-order valence-electron chi connectivity index (χ3n) is 3.07. The molecule has 0 unspecified atom stereocenters. The first kappa shape index (κ1) is 18.4. The molecule has 126 valence electrons. The van der Waals surface area contributed by atoms with Crippen molar-refractivity contribution in [3.05, 3.63) is 63.6 Å². The predicted octanol–water partition coefficient (Wildman–Crippen LogP) is 3.44. The topological polar surface area (TPSA) is 77.5 Å². The Kier molecular flexibility index (Phi) is 5.64. The van der Waals surface area contributed by atoms with Crippen LogP contribution in [-0.4, -0.2) is 33.0 Å². The van der Waals surface area contributed by atoms with Gasteiger partial charge in [0.2, 0.25) is 0 Å². The van der Waals surface area contributed by atoms with Crippen molar-refractivity contribution in [2.24, 2.45) is 0 Å². The largest absolute Gasteiger partial charge is 0.454 e. The molecule has 0 bridgehead atoms. The van der Waals surface area contributed by atoms with Crippen molar-refractivity contribution >= 4 is 44.8 Å². The third-order valence-corrected chi connectivity index (χ3v) is 4.90. The molecule has 2 aromatic rings. The van der Waals surface area contributed by atoms with Gasteiger partial charge < -0.3 is 4.74 Å². The molecule has 0 aliphatic rings. The van der Waals surface area contributed by atoms with E-state index >= 15 is 0 Å². The number of benzene rings is 2. The van der Waals surface area contributed by atoms with Gasteiger partial charge in [-0.25, -0.2) is 13.2 Å². The van der Waals surface area contributed by atoms with Gasteiger partial charge in [-0.15, -0.1) is 0 Å². The molecule has 0 heterocycles. The van der Waals surface area contributed by atoms with E-state index in [0.29, 0.717) is 10.6 Å². The first-order valence-corrected chi connectivity index (χ1v) is 9.29. The maximum absolute atomic E-state index is 12.0. The lowest BCUT2D eigenvalue weighted by atomic mass is 10.1. The van der Waals surface area contributed by atoms with Crippen molar-refractivity contribution in [3.63, 3.8) is 0 Å². The predicted molar refractivity (Wildman–Crippen MR) is 90.6 cm³/mol. The van der Waals surface area contributed by atoms with E-state index in [1.54, 1.807) is 12.1 Å². The first-order chi connectivity index (χ1) is 11.2. The minimum Gasteiger partial charge on any atom is -0.454 e. The highest BCUT2D eigenvalue weighted by Crippen LogP contribution is 2.23. The average molecular weight is 387 g/mol. The summed E-state index contributed by atoms with van der Waals surface area (Å²) in [6, 6.07) is 9.86. The number of ketones is 1. The van der Waals surface area contributed by atoms with Crippen molar-refractivity contribution in [2.45, 2.75) is 4.90 Å². The summed E-state index contributed by atoms with van der Waals surface area (Å²) in [7, 11) is -3.59. The molecule has 0 aromatic heterocycles. The Morgan fingerprint density at radius 1 is 1.00 bits per heavy atom. The zero-order valence-electron chi connectivity index (χ0n) is 12.5. The van der Waals surface area contributed by atoms with Gasteiger partial charge >= 0.3 is 5.97 Å². The summed E-state index contributed by atoms with van der Waals surface area (Å²) >= 11 is 11.5. The van der Waals surface area contributed by atoms with E-state index in [0.717, 1.165) is 12.3 Å². The second-order valence-electron chi connectivity index (χ2n) is 4.92. The van der Waals surface area contributed by atoms with Crippen LogP contribution in [0.25, 0.3) is 0 Å². The van der Waals surface area contributed by atoms with E-state index < -0.39 is 28.2 Å². The number of carbonyl (C=O) groups excluding carboxylic acids is 2. The Bertz CT molecular complexity index is 889. The number of ether oxygens (including phenoxy) is 1. The second kappa shape index (κ2) is 7.34. The molecule has 5 nitrogen and oxygen atoms in total. The molecule has 0 fully saturated rings. The lowest BCUT2D eigenvalue weighted by Gasteiger charge is -2.07. The zero-order valence-corrected chi connectivity index (χ0v) is 14.8. The van der Waals surface area contributed by atoms with Crippen LogP contribution in [0.3, 0.4) is 0 Å². The molecule has 0 aliphatic carbocycles. The summed E-state index contributed by atoms with van der Waals surface area (Å²) < 4.78 is 28.1. The van der Waals surface area contributed by atoms with Crippen LogP contribution in [0, 0.1) is 0 Å². The molecule has 0 saturated heterocycles. The molecule has 0 atom stereocenters. The molecular weight excluding hydrogens is 375 g/mol. The number of hydrogen-bond acceptors (Lipinski definition) is 5. The Balaban J connectivity index is 2.10. The highest BCUT2D eigenvalue weighted by Gasteiger charge is 2.17. The number of Topliss-reactive ketones (excluding diaryl/α,β-unsaturated/α-hetero) is 1. The quantitative estimate of drug-likeness (QED) is 0.580. The summed E-state index contributed by atoms with van der Waals surface area (Å²) in [5.41, 5.74) is 0.337. The molecule has 0 aliphatic heterocycles. The average Bonchev–Trinajstić information content (AvgIpc) is 2.52. The number of halogens is 2. The molecule has 0 saturated carbocycles. The smallest absolute Gasteiger partial charge is 0.338 e. The lowest BCUT2D eigenvalue weighted by molar-refractivity contribution is 0.0474. The lowest BCUT2D eigenvalue weighted by Crippen LogP contribution is -2.14. The van der Waals surface area contributed by atoms with Gasteiger partial charge in [-0.05, 0) is 42.5 Å². The normalized spacial score (nSPS) is 11.1. The Morgan fingerprint density at radius 2 is 1.58 bits per heavy atom. The van der Waals surface area contributed by atoms with Crippen LogP contribution in [0.15, 0.2) is 47.4 Å². The van der Waals surface area contributed by atoms with Crippen molar-refractivity contribution in [2.75, 3.05) is 12.9 Å². The van der Waals surface area contributed by atoms with Crippen LogP contribution in [0.4, 0.5) is 0 Å². The summed E-state index contributed by atoms with van der Waals surface area (Å²) in [5, 5.41) is 0.490. The van der Waals surface area contributed by atoms with E-state index in [4.69, 9.17) is 27.9 Å². The van der Waals surface area contributed by atoms with Crippen LogP contribution in [-0.2, 0) is 14.6 Å². The van der Waals surface area contributed by atoms with Crippen LogP contribution >= 0.6 is 23.2 Å². The zero-order chi connectivity index (χ0) is 17.9. The van der Waals surface area contributed by atoms with Gasteiger partial charge in [-0.2, -0.15) is 0 Å². The molecule has 2 aromatic carbocycles. The molecule has 0 N–H and O–H groups in total.